The van der Waals surface area contributed by atoms with Crippen molar-refractivity contribution in [2.24, 2.45) is 4.99 Å². The SMILES string of the molecule is CCCOc1cccc(CN=C(NCC)N2CCC(OCC3CCCCO3)CC2)c1. The highest BCUT2D eigenvalue weighted by Gasteiger charge is 2.23. The molecule has 0 saturated carbocycles. The first kappa shape index (κ1) is 22.9. The molecule has 6 heteroatoms. The van der Waals surface area contributed by atoms with Crippen LogP contribution in [0, 0.1) is 0 Å². The zero-order chi connectivity index (χ0) is 21.0. The van der Waals surface area contributed by atoms with E-state index in [1.807, 2.05) is 12.1 Å². The lowest BCUT2D eigenvalue weighted by Gasteiger charge is -2.35. The summed E-state index contributed by atoms with van der Waals surface area (Å²) in [6, 6.07) is 8.26. The zero-order valence-corrected chi connectivity index (χ0v) is 18.8. The van der Waals surface area contributed by atoms with E-state index in [-0.39, 0.29) is 0 Å². The number of nitrogens with one attached hydrogen (secondary N) is 1. The third-order valence-corrected chi connectivity index (χ3v) is 5.65. The molecule has 2 heterocycles. The maximum atomic E-state index is 6.16. The lowest BCUT2D eigenvalue weighted by molar-refractivity contribution is -0.0721. The third kappa shape index (κ3) is 7.47. The fraction of sp³-hybridized carbons (Fsp3) is 0.708. The van der Waals surface area contributed by atoms with Crippen molar-refractivity contribution in [1.29, 1.82) is 0 Å². The van der Waals surface area contributed by atoms with E-state index in [2.05, 4.69) is 36.2 Å². The van der Waals surface area contributed by atoms with E-state index in [0.717, 1.165) is 76.8 Å². The standard InChI is InChI=1S/C24H39N3O3/c1-3-15-28-22-10-7-8-20(17-22)18-26-24(25-4-2)27-13-11-21(12-14-27)30-19-23-9-5-6-16-29-23/h7-8,10,17,21,23H,3-6,9,11-16,18-19H2,1-2H3,(H,25,26). The fourth-order valence-electron chi connectivity index (χ4n) is 3.96. The minimum Gasteiger partial charge on any atom is -0.494 e. The van der Waals surface area contributed by atoms with Crippen LogP contribution in [0.25, 0.3) is 0 Å². The fourth-order valence-corrected chi connectivity index (χ4v) is 3.96. The van der Waals surface area contributed by atoms with Gasteiger partial charge in [0.25, 0.3) is 0 Å². The van der Waals surface area contributed by atoms with E-state index in [1.54, 1.807) is 0 Å². The molecule has 0 aromatic heterocycles. The van der Waals surface area contributed by atoms with Gasteiger partial charge in [-0.3, -0.25) is 0 Å². The van der Waals surface area contributed by atoms with E-state index in [0.29, 0.717) is 18.8 Å². The normalized spacial score (nSPS) is 20.9. The number of rotatable bonds is 9. The Morgan fingerprint density at radius 1 is 1.20 bits per heavy atom. The van der Waals surface area contributed by atoms with Crippen LogP contribution in [0.4, 0.5) is 0 Å². The second-order valence-electron chi connectivity index (χ2n) is 8.17. The maximum Gasteiger partial charge on any atom is 0.194 e. The number of piperidine rings is 1. The Morgan fingerprint density at radius 2 is 2.07 bits per heavy atom. The average molecular weight is 418 g/mol. The Balaban J connectivity index is 1.47. The molecule has 0 bridgehead atoms. The molecule has 0 amide bonds. The molecular formula is C24H39N3O3. The summed E-state index contributed by atoms with van der Waals surface area (Å²) in [5, 5.41) is 3.45. The molecule has 0 aliphatic carbocycles. The largest absolute Gasteiger partial charge is 0.494 e. The molecule has 168 valence electrons. The Bertz CT molecular complexity index is 638. The molecule has 1 atom stereocenters. The Hall–Kier alpha value is -1.79. The highest BCUT2D eigenvalue weighted by atomic mass is 16.5. The lowest BCUT2D eigenvalue weighted by atomic mass is 10.1. The first-order valence-electron chi connectivity index (χ1n) is 11.8. The monoisotopic (exact) mass is 417 g/mol. The van der Waals surface area contributed by atoms with Crippen LogP contribution in [-0.2, 0) is 16.0 Å². The molecule has 3 rings (SSSR count). The summed E-state index contributed by atoms with van der Waals surface area (Å²) in [5.74, 6) is 1.92. The van der Waals surface area contributed by atoms with Crippen molar-refractivity contribution in [3.05, 3.63) is 29.8 Å². The zero-order valence-electron chi connectivity index (χ0n) is 18.8. The third-order valence-electron chi connectivity index (χ3n) is 5.65. The predicted molar refractivity (Wildman–Crippen MR) is 121 cm³/mol. The second kappa shape index (κ2) is 12.8. The molecular weight excluding hydrogens is 378 g/mol. The van der Waals surface area contributed by atoms with Gasteiger partial charge in [0.1, 0.15) is 5.75 Å². The van der Waals surface area contributed by atoms with Gasteiger partial charge in [-0.1, -0.05) is 19.1 Å². The molecule has 2 saturated heterocycles. The Labute approximate surface area is 182 Å². The number of aliphatic imine (C=N–C) groups is 1. The summed E-state index contributed by atoms with van der Waals surface area (Å²) >= 11 is 0. The summed E-state index contributed by atoms with van der Waals surface area (Å²) in [6.45, 7) is 10.1. The summed E-state index contributed by atoms with van der Waals surface area (Å²) in [7, 11) is 0. The minimum atomic E-state index is 0.299. The number of ether oxygens (including phenoxy) is 3. The van der Waals surface area contributed by atoms with Crippen molar-refractivity contribution in [2.75, 3.05) is 39.5 Å². The number of hydrogen-bond donors (Lipinski definition) is 1. The van der Waals surface area contributed by atoms with Gasteiger partial charge in [0, 0.05) is 26.2 Å². The molecule has 2 fully saturated rings. The van der Waals surface area contributed by atoms with Crippen molar-refractivity contribution in [1.82, 2.24) is 10.2 Å². The van der Waals surface area contributed by atoms with Gasteiger partial charge in [0.05, 0.1) is 32.0 Å². The molecule has 6 nitrogen and oxygen atoms in total. The van der Waals surface area contributed by atoms with Crippen molar-refractivity contribution < 1.29 is 14.2 Å². The molecule has 1 aromatic rings. The van der Waals surface area contributed by atoms with Gasteiger partial charge in [0.15, 0.2) is 5.96 Å². The second-order valence-corrected chi connectivity index (χ2v) is 8.17. The molecule has 1 unspecified atom stereocenters. The molecule has 1 aromatic carbocycles. The minimum absolute atomic E-state index is 0.299. The summed E-state index contributed by atoms with van der Waals surface area (Å²) in [6.07, 6.45) is 7.32. The van der Waals surface area contributed by atoms with Crippen molar-refractivity contribution in [3.8, 4) is 5.75 Å². The van der Waals surface area contributed by atoms with Crippen LogP contribution >= 0.6 is 0 Å². The predicted octanol–water partition coefficient (Wildman–Crippen LogP) is 3.99. The van der Waals surface area contributed by atoms with Gasteiger partial charge < -0.3 is 24.4 Å². The smallest absolute Gasteiger partial charge is 0.194 e. The van der Waals surface area contributed by atoms with Crippen LogP contribution in [0.2, 0.25) is 0 Å². The Morgan fingerprint density at radius 3 is 2.80 bits per heavy atom. The molecule has 0 radical (unpaired) electrons. The average Bonchev–Trinajstić information content (AvgIpc) is 2.80. The van der Waals surface area contributed by atoms with Crippen molar-refractivity contribution >= 4 is 5.96 Å². The van der Waals surface area contributed by atoms with Crippen LogP contribution in [0.5, 0.6) is 5.75 Å². The molecule has 2 aliphatic heterocycles. The van der Waals surface area contributed by atoms with E-state index in [4.69, 9.17) is 19.2 Å². The van der Waals surface area contributed by atoms with Crippen LogP contribution in [0.1, 0.15) is 57.9 Å². The van der Waals surface area contributed by atoms with Gasteiger partial charge in [-0.15, -0.1) is 0 Å². The lowest BCUT2D eigenvalue weighted by Crippen LogP contribution is -2.47. The highest BCUT2D eigenvalue weighted by molar-refractivity contribution is 5.80. The van der Waals surface area contributed by atoms with Crippen molar-refractivity contribution in [3.63, 3.8) is 0 Å². The van der Waals surface area contributed by atoms with Crippen LogP contribution in [-0.4, -0.2) is 62.5 Å². The van der Waals surface area contributed by atoms with E-state index in [1.165, 1.54) is 18.4 Å². The van der Waals surface area contributed by atoms with Crippen LogP contribution in [0.15, 0.2) is 29.3 Å². The first-order chi connectivity index (χ1) is 14.8. The van der Waals surface area contributed by atoms with Crippen LogP contribution < -0.4 is 10.1 Å². The maximum absolute atomic E-state index is 6.16. The quantitative estimate of drug-likeness (QED) is 0.486. The van der Waals surface area contributed by atoms with Gasteiger partial charge in [-0.2, -0.15) is 0 Å². The van der Waals surface area contributed by atoms with Gasteiger partial charge >= 0.3 is 0 Å². The van der Waals surface area contributed by atoms with E-state index >= 15 is 0 Å². The molecule has 1 N–H and O–H groups in total. The number of hydrogen-bond acceptors (Lipinski definition) is 4. The molecule has 0 spiro atoms. The summed E-state index contributed by atoms with van der Waals surface area (Å²) < 4.78 is 17.7. The highest BCUT2D eigenvalue weighted by Crippen LogP contribution is 2.19. The topological polar surface area (TPSA) is 55.3 Å². The number of likely N-dealkylation sites (tertiary alicyclic amines) is 1. The van der Waals surface area contributed by atoms with Gasteiger partial charge in [0.2, 0.25) is 0 Å². The summed E-state index contributed by atoms with van der Waals surface area (Å²) in [4.78, 5) is 7.25. The van der Waals surface area contributed by atoms with Gasteiger partial charge in [-0.05, 0) is 63.1 Å². The molecule has 30 heavy (non-hydrogen) atoms. The summed E-state index contributed by atoms with van der Waals surface area (Å²) in [5.41, 5.74) is 1.17. The van der Waals surface area contributed by atoms with Gasteiger partial charge in [-0.25, -0.2) is 4.99 Å². The number of benzene rings is 1. The Kier molecular flexibility index (Phi) is 9.77. The van der Waals surface area contributed by atoms with Crippen LogP contribution in [0.3, 0.4) is 0 Å². The van der Waals surface area contributed by atoms with E-state index < -0.39 is 0 Å². The number of nitrogens with zero attached hydrogens (tertiary/aromatic N) is 2. The molecule has 2 aliphatic rings. The first-order valence-corrected chi connectivity index (χ1v) is 11.8. The number of guanidine groups is 1. The van der Waals surface area contributed by atoms with E-state index in [9.17, 15) is 0 Å². The van der Waals surface area contributed by atoms with Crippen molar-refractivity contribution in [2.45, 2.75) is 71.1 Å².